The molecule has 0 radical (unpaired) electrons. The van der Waals surface area contributed by atoms with Crippen molar-refractivity contribution in [1.82, 2.24) is 0 Å². The highest BCUT2D eigenvalue weighted by Crippen LogP contribution is 2.59. The fourth-order valence-electron chi connectivity index (χ4n) is 7.74. The standard InChI is InChI=1S/C44H36O6/c1-43(42(45)49-5)38-25-28(27-9-7-6-8-10-27)11-21-35(38)39-37-26-33(48-4)20-22-34(37)41-36(40(39)43)23-24-44(50-41,29-12-16-31(46-2)17-13-29)30-14-18-32(47-3)19-15-30/h6-26H,1-5H3. The minimum absolute atomic E-state index is 0.345. The molecule has 0 saturated carbocycles. The SMILES string of the molecule is COC(=O)C1(C)c2cc(-c3ccccc3)ccc2-c2c1c1c(c3ccc(OC)cc23)OC(c2ccc(OC)cc2)(c2ccc(OC)cc2)C=C1. The van der Waals surface area contributed by atoms with E-state index in [2.05, 4.69) is 42.5 Å². The van der Waals surface area contributed by atoms with Gasteiger partial charge in [0.1, 0.15) is 28.4 Å². The number of methoxy groups -OCH3 is 4. The average Bonchev–Trinajstić information content (AvgIpc) is 3.46. The van der Waals surface area contributed by atoms with E-state index in [0.717, 1.165) is 72.3 Å². The predicted molar refractivity (Wildman–Crippen MR) is 196 cm³/mol. The van der Waals surface area contributed by atoms with Gasteiger partial charge >= 0.3 is 5.97 Å². The largest absolute Gasteiger partial charge is 0.497 e. The van der Waals surface area contributed by atoms with Crippen molar-refractivity contribution in [3.05, 3.63) is 149 Å². The van der Waals surface area contributed by atoms with Crippen LogP contribution in [-0.4, -0.2) is 34.4 Å². The first-order valence-electron chi connectivity index (χ1n) is 16.5. The van der Waals surface area contributed by atoms with Crippen molar-refractivity contribution in [2.45, 2.75) is 17.9 Å². The Bertz CT molecular complexity index is 2260. The van der Waals surface area contributed by atoms with E-state index < -0.39 is 11.0 Å². The lowest BCUT2D eigenvalue weighted by Gasteiger charge is -2.38. The van der Waals surface area contributed by atoms with Crippen molar-refractivity contribution in [2.24, 2.45) is 0 Å². The first kappa shape index (κ1) is 31.3. The first-order chi connectivity index (χ1) is 24.4. The summed E-state index contributed by atoms with van der Waals surface area (Å²) in [4.78, 5) is 14.2. The predicted octanol–water partition coefficient (Wildman–Crippen LogP) is 9.34. The summed E-state index contributed by atoms with van der Waals surface area (Å²) in [6.07, 6.45) is 4.20. The molecule has 0 fully saturated rings. The molecule has 0 aromatic heterocycles. The molecule has 1 aliphatic heterocycles. The number of fused-ring (bicyclic) bond motifs is 8. The normalized spacial score (nSPS) is 16.5. The molecule has 0 spiro atoms. The molecule has 0 saturated heterocycles. The van der Waals surface area contributed by atoms with E-state index in [0.29, 0.717) is 11.5 Å². The minimum atomic E-state index is -1.14. The van der Waals surface area contributed by atoms with Crippen molar-refractivity contribution < 1.29 is 28.5 Å². The van der Waals surface area contributed by atoms with Crippen LogP contribution in [0.5, 0.6) is 23.0 Å². The highest BCUT2D eigenvalue weighted by atomic mass is 16.5. The topological polar surface area (TPSA) is 63.2 Å². The van der Waals surface area contributed by atoms with Crippen LogP contribution in [0.1, 0.15) is 34.7 Å². The van der Waals surface area contributed by atoms with Gasteiger partial charge < -0.3 is 23.7 Å². The van der Waals surface area contributed by atoms with Crippen LogP contribution < -0.4 is 18.9 Å². The molecule has 2 aliphatic rings. The summed E-state index contributed by atoms with van der Waals surface area (Å²) in [7, 11) is 6.42. The van der Waals surface area contributed by atoms with Gasteiger partial charge in [0, 0.05) is 22.1 Å². The Balaban J connectivity index is 1.44. The van der Waals surface area contributed by atoms with Gasteiger partial charge in [-0.25, -0.2) is 0 Å². The van der Waals surface area contributed by atoms with Crippen molar-refractivity contribution in [1.29, 1.82) is 0 Å². The summed E-state index contributed by atoms with van der Waals surface area (Å²) in [5.74, 6) is 2.52. The molecule has 1 aliphatic carbocycles. The maximum absolute atomic E-state index is 14.2. The quantitative estimate of drug-likeness (QED) is 0.159. The van der Waals surface area contributed by atoms with E-state index in [-0.39, 0.29) is 5.97 Å². The fourth-order valence-corrected chi connectivity index (χ4v) is 7.74. The molecule has 6 nitrogen and oxygen atoms in total. The van der Waals surface area contributed by atoms with Crippen LogP contribution in [0.25, 0.3) is 39.1 Å². The Morgan fingerprint density at radius 3 is 1.86 bits per heavy atom. The summed E-state index contributed by atoms with van der Waals surface area (Å²) in [6.45, 7) is 1.97. The first-order valence-corrected chi connectivity index (χ1v) is 16.5. The van der Waals surface area contributed by atoms with E-state index in [4.69, 9.17) is 23.7 Å². The van der Waals surface area contributed by atoms with Crippen LogP contribution in [0.2, 0.25) is 0 Å². The zero-order valence-electron chi connectivity index (χ0n) is 28.6. The molecule has 6 aromatic rings. The van der Waals surface area contributed by atoms with Crippen LogP contribution in [0.4, 0.5) is 0 Å². The van der Waals surface area contributed by atoms with E-state index in [1.165, 1.54) is 7.11 Å². The molecule has 0 N–H and O–H groups in total. The molecule has 248 valence electrons. The van der Waals surface area contributed by atoms with Gasteiger partial charge in [0.25, 0.3) is 0 Å². The minimum Gasteiger partial charge on any atom is -0.497 e. The lowest BCUT2D eigenvalue weighted by molar-refractivity contribution is -0.145. The number of hydrogen-bond donors (Lipinski definition) is 0. The Morgan fingerprint density at radius 1 is 0.640 bits per heavy atom. The summed E-state index contributed by atoms with van der Waals surface area (Å²) in [5, 5.41) is 1.83. The van der Waals surface area contributed by atoms with E-state index in [1.54, 1.807) is 21.3 Å². The number of rotatable bonds is 7. The van der Waals surface area contributed by atoms with Gasteiger partial charge in [-0.1, -0.05) is 72.8 Å². The van der Waals surface area contributed by atoms with Crippen molar-refractivity contribution in [3.63, 3.8) is 0 Å². The highest BCUT2D eigenvalue weighted by molar-refractivity contribution is 6.13. The van der Waals surface area contributed by atoms with Crippen LogP contribution in [-0.2, 0) is 20.5 Å². The third kappa shape index (κ3) is 4.52. The van der Waals surface area contributed by atoms with Crippen LogP contribution in [0, 0.1) is 0 Å². The third-order valence-electron chi connectivity index (χ3n) is 10.3. The smallest absolute Gasteiger partial charge is 0.320 e. The second-order valence-electron chi connectivity index (χ2n) is 12.8. The summed E-state index contributed by atoms with van der Waals surface area (Å²) in [6, 6.07) is 38.5. The molecule has 1 atom stereocenters. The van der Waals surface area contributed by atoms with Gasteiger partial charge in [-0.15, -0.1) is 0 Å². The molecule has 8 rings (SSSR count). The second kappa shape index (κ2) is 11.8. The van der Waals surface area contributed by atoms with Crippen molar-refractivity contribution in [2.75, 3.05) is 28.4 Å². The molecule has 0 bridgehead atoms. The van der Waals surface area contributed by atoms with Gasteiger partial charge in [-0.3, -0.25) is 4.79 Å². The molecule has 6 aromatic carbocycles. The molecule has 1 unspecified atom stereocenters. The second-order valence-corrected chi connectivity index (χ2v) is 12.8. The summed E-state index contributed by atoms with van der Waals surface area (Å²) in [5.41, 5.74) is 6.27. The number of carbonyl (C=O) groups is 1. The number of esters is 1. The number of ether oxygens (including phenoxy) is 5. The zero-order chi connectivity index (χ0) is 34.6. The van der Waals surface area contributed by atoms with Crippen molar-refractivity contribution in [3.8, 4) is 45.3 Å². The number of hydrogen-bond acceptors (Lipinski definition) is 6. The van der Waals surface area contributed by atoms with Gasteiger partial charge in [-0.05, 0) is 100 Å². The number of benzene rings is 6. The molecule has 0 amide bonds. The monoisotopic (exact) mass is 660 g/mol. The van der Waals surface area contributed by atoms with E-state index in [9.17, 15) is 4.79 Å². The average molecular weight is 661 g/mol. The van der Waals surface area contributed by atoms with Crippen LogP contribution in [0.15, 0.2) is 121 Å². The maximum Gasteiger partial charge on any atom is 0.320 e. The third-order valence-corrected chi connectivity index (χ3v) is 10.3. The van der Waals surface area contributed by atoms with Crippen LogP contribution >= 0.6 is 0 Å². The molecular weight excluding hydrogens is 624 g/mol. The molecule has 1 heterocycles. The fraction of sp³-hybridized carbons (Fsp3) is 0.159. The van der Waals surface area contributed by atoms with Gasteiger partial charge in [-0.2, -0.15) is 0 Å². The Hall–Kier alpha value is -6.01. The van der Waals surface area contributed by atoms with E-state index in [1.807, 2.05) is 91.9 Å². The Morgan fingerprint density at radius 2 is 1.26 bits per heavy atom. The molecule has 6 heteroatoms. The number of carbonyl (C=O) groups excluding carboxylic acids is 1. The lowest BCUT2D eigenvalue weighted by Crippen LogP contribution is -2.37. The zero-order valence-corrected chi connectivity index (χ0v) is 28.6. The summed E-state index contributed by atoms with van der Waals surface area (Å²) < 4.78 is 29.8. The Kier molecular flexibility index (Phi) is 7.41. The van der Waals surface area contributed by atoms with Crippen LogP contribution in [0.3, 0.4) is 0 Å². The molecule has 50 heavy (non-hydrogen) atoms. The Labute approximate surface area is 291 Å². The highest BCUT2D eigenvalue weighted by Gasteiger charge is 2.51. The maximum atomic E-state index is 14.2. The van der Waals surface area contributed by atoms with E-state index >= 15 is 0 Å². The summed E-state index contributed by atoms with van der Waals surface area (Å²) >= 11 is 0. The van der Waals surface area contributed by atoms with Gasteiger partial charge in [0.15, 0.2) is 5.60 Å². The van der Waals surface area contributed by atoms with Gasteiger partial charge in [0.2, 0.25) is 0 Å². The molecular formula is C44H36O6. The lowest BCUT2D eigenvalue weighted by atomic mass is 9.75. The van der Waals surface area contributed by atoms with Crippen molar-refractivity contribution >= 4 is 22.8 Å². The van der Waals surface area contributed by atoms with Gasteiger partial charge in [0.05, 0.1) is 28.4 Å².